The van der Waals surface area contributed by atoms with Crippen LogP contribution in [0.3, 0.4) is 0 Å². The van der Waals surface area contributed by atoms with E-state index in [2.05, 4.69) is 10.6 Å². The number of nitrogens with one attached hydrogen (secondary N) is 2. The van der Waals surface area contributed by atoms with Crippen molar-refractivity contribution in [1.29, 1.82) is 0 Å². The zero-order valence-electron chi connectivity index (χ0n) is 12.2. The predicted molar refractivity (Wildman–Crippen MR) is 77.3 cm³/mol. The van der Waals surface area contributed by atoms with Crippen LogP contribution in [0.5, 0.6) is 5.75 Å². The third-order valence-corrected chi connectivity index (χ3v) is 3.02. The lowest BCUT2D eigenvalue weighted by atomic mass is 10.1. The molecule has 1 aromatic rings. The van der Waals surface area contributed by atoms with Crippen LogP contribution in [0.25, 0.3) is 0 Å². The molecule has 0 aromatic heterocycles. The van der Waals surface area contributed by atoms with E-state index in [-0.39, 0.29) is 18.0 Å². The second-order valence-electron chi connectivity index (χ2n) is 4.73. The molecule has 1 rings (SSSR count). The van der Waals surface area contributed by atoms with E-state index in [1.165, 1.54) is 0 Å². The fourth-order valence-corrected chi connectivity index (χ4v) is 1.99. The first-order valence-electron chi connectivity index (χ1n) is 6.73. The van der Waals surface area contributed by atoms with Crippen molar-refractivity contribution in [2.75, 3.05) is 13.7 Å². The van der Waals surface area contributed by atoms with Crippen LogP contribution < -0.4 is 15.4 Å². The molecule has 0 saturated carbocycles. The first-order valence-corrected chi connectivity index (χ1v) is 6.73. The van der Waals surface area contributed by atoms with Gasteiger partial charge < -0.3 is 15.4 Å². The van der Waals surface area contributed by atoms with Gasteiger partial charge in [-0.2, -0.15) is 0 Å². The molecule has 1 amide bonds. The smallest absolute Gasteiger partial charge is 0.222 e. The monoisotopic (exact) mass is 264 g/mol. The van der Waals surface area contributed by atoms with E-state index in [0.717, 1.165) is 17.9 Å². The number of carbonyl (C=O) groups is 1. The molecule has 0 aliphatic carbocycles. The lowest BCUT2D eigenvalue weighted by Crippen LogP contribution is -2.34. The first kappa shape index (κ1) is 15.5. The van der Waals surface area contributed by atoms with Crippen molar-refractivity contribution < 1.29 is 9.53 Å². The number of amides is 1. The fourth-order valence-electron chi connectivity index (χ4n) is 1.99. The zero-order chi connectivity index (χ0) is 14.3. The van der Waals surface area contributed by atoms with E-state index >= 15 is 0 Å². The minimum Gasteiger partial charge on any atom is -0.497 e. The fraction of sp³-hybridized carbons (Fsp3) is 0.533. The second-order valence-corrected chi connectivity index (χ2v) is 4.73. The normalized spacial score (nSPS) is 13.7. The summed E-state index contributed by atoms with van der Waals surface area (Å²) in [5.41, 5.74) is 1.05. The van der Waals surface area contributed by atoms with Crippen LogP contribution in [0, 0.1) is 0 Å². The summed E-state index contributed by atoms with van der Waals surface area (Å²) in [5, 5.41) is 6.23. The van der Waals surface area contributed by atoms with Gasteiger partial charge in [0.2, 0.25) is 5.91 Å². The zero-order valence-corrected chi connectivity index (χ0v) is 12.2. The molecule has 0 fully saturated rings. The van der Waals surface area contributed by atoms with Gasteiger partial charge in [0.1, 0.15) is 5.75 Å². The van der Waals surface area contributed by atoms with Gasteiger partial charge in [-0.25, -0.2) is 0 Å². The number of hydrogen-bond acceptors (Lipinski definition) is 3. The van der Waals surface area contributed by atoms with Crippen molar-refractivity contribution >= 4 is 5.91 Å². The number of ether oxygens (including phenoxy) is 1. The summed E-state index contributed by atoms with van der Waals surface area (Å²) in [6.45, 7) is 6.90. The minimum absolute atomic E-state index is 0.0172. The molecule has 0 heterocycles. The molecule has 2 atom stereocenters. The van der Waals surface area contributed by atoms with Crippen molar-refractivity contribution in [2.45, 2.75) is 39.3 Å². The van der Waals surface area contributed by atoms with Crippen molar-refractivity contribution in [1.82, 2.24) is 10.6 Å². The third-order valence-electron chi connectivity index (χ3n) is 3.02. The molecule has 0 radical (unpaired) electrons. The average molecular weight is 264 g/mol. The van der Waals surface area contributed by atoms with E-state index in [0.29, 0.717) is 6.42 Å². The number of carbonyl (C=O) groups excluding carboxylic acids is 1. The molecule has 1 aromatic carbocycles. The Bertz CT molecular complexity index is 407. The molecule has 0 aliphatic heterocycles. The highest BCUT2D eigenvalue weighted by atomic mass is 16.5. The Kier molecular flexibility index (Phi) is 6.36. The Morgan fingerprint density at radius 2 is 2.11 bits per heavy atom. The molecule has 0 aliphatic rings. The van der Waals surface area contributed by atoms with Crippen molar-refractivity contribution in [3.8, 4) is 5.75 Å². The topological polar surface area (TPSA) is 50.4 Å². The maximum absolute atomic E-state index is 11.9. The average Bonchev–Trinajstić information content (AvgIpc) is 2.38. The standard InChI is InChI=1S/C15H24N2O2/c1-5-16-11(2)9-15(18)17-12(3)13-7-6-8-14(10-13)19-4/h6-8,10-12,16H,5,9H2,1-4H3,(H,17,18)/t11?,12-/m0/s1. The van der Waals surface area contributed by atoms with Crippen LogP contribution in [0.15, 0.2) is 24.3 Å². The Morgan fingerprint density at radius 3 is 2.74 bits per heavy atom. The quantitative estimate of drug-likeness (QED) is 0.794. The number of benzene rings is 1. The van der Waals surface area contributed by atoms with E-state index in [4.69, 9.17) is 4.74 Å². The molecule has 0 bridgehead atoms. The summed E-state index contributed by atoms with van der Waals surface area (Å²) < 4.78 is 5.18. The predicted octanol–water partition coefficient (Wildman–Crippen LogP) is 2.26. The summed E-state index contributed by atoms with van der Waals surface area (Å²) in [5.74, 6) is 0.864. The highest BCUT2D eigenvalue weighted by molar-refractivity contribution is 5.77. The highest BCUT2D eigenvalue weighted by Crippen LogP contribution is 2.18. The van der Waals surface area contributed by atoms with Crippen molar-refractivity contribution in [3.05, 3.63) is 29.8 Å². The highest BCUT2D eigenvalue weighted by Gasteiger charge is 2.12. The summed E-state index contributed by atoms with van der Waals surface area (Å²) in [7, 11) is 1.64. The number of rotatable bonds is 7. The second kappa shape index (κ2) is 7.79. The lowest BCUT2D eigenvalue weighted by Gasteiger charge is -2.17. The van der Waals surface area contributed by atoms with Crippen molar-refractivity contribution in [2.24, 2.45) is 0 Å². The molecule has 1 unspecified atom stereocenters. The van der Waals surface area contributed by atoms with Gasteiger partial charge >= 0.3 is 0 Å². The molecule has 4 heteroatoms. The van der Waals surface area contributed by atoms with Crippen LogP contribution in [-0.4, -0.2) is 25.6 Å². The van der Waals surface area contributed by atoms with E-state index in [1.54, 1.807) is 7.11 Å². The summed E-state index contributed by atoms with van der Waals surface area (Å²) >= 11 is 0. The molecular formula is C15H24N2O2. The Hall–Kier alpha value is -1.55. The molecule has 106 valence electrons. The van der Waals surface area contributed by atoms with E-state index in [9.17, 15) is 4.79 Å². The SMILES string of the molecule is CCNC(C)CC(=O)N[C@@H](C)c1cccc(OC)c1. The van der Waals surface area contributed by atoms with Gasteiger partial charge in [0, 0.05) is 12.5 Å². The van der Waals surface area contributed by atoms with E-state index < -0.39 is 0 Å². The summed E-state index contributed by atoms with van der Waals surface area (Å²) in [6, 6.07) is 7.93. The Morgan fingerprint density at radius 1 is 1.37 bits per heavy atom. The largest absolute Gasteiger partial charge is 0.497 e. The van der Waals surface area contributed by atoms with Crippen LogP contribution in [0.2, 0.25) is 0 Å². The van der Waals surface area contributed by atoms with Gasteiger partial charge in [-0.15, -0.1) is 0 Å². The van der Waals surface area contributed by atoms with E-state index in [1.807, 2.05) is 45.0 Å². The Balaban J connectivity index is 2.53. The first-order chi connectivity index (χ1) is 9.06. The molecule has 19 heavy (non-hydrogen) atoms. The van der Waals surface area contributed by atoms with Gasteiger partial charge in [0.25, 0.3) is 0 Å². The lowest BCUT2D eigenvalue weighted by molar-refractivity contribution is -0.122. The summed E-state index contributed by atoms with van der Waals surface area (Å²) in [4.78, 5) is 11.9. The number of hydrogen-bond donors (Lipinski definition) is 2. The van der Waals surface area contributed by atoms with Gasteiger partial charge in [0.05, 0.1) is 13.2 Å². The molecular weight excluding hydrogens is 240 g/mol. The van der Waals surface area contributed by atoms with Gasteiger partial charge in [-0.05, 0) is 38.1 Å². The summed E-state index contributed by atoms with van der Waals surface area (Å²) in [6.07, 6.45) is 0.488. The van der Waals surface area contributed by atoms with Crippen LogP contribution >= 0.6 is 0 Å². The van der Waals surface area contributed by atoms with Gasteiger partial charge in [0.15, 0.2) is 0 Å². The Labute approximate surface area is 115 Å². The number of methoxy groups -OCH3 is 1. The minimum atomic E-state index is -0.0172. The molecule has 4 nitrogen and oxygen atoms in total. The van der Waals surface area contributed by atoms with Gasteiger partial charge in [-0.1, -0.05) is 19.1 Å². The maximum Gasteiger partial charge on any atom is 0.222 e. The molecule has 0 spiro atoms. The van der Waals surface area contributed by atoms with Crippen LogP contribution in [-0.2, 0) is 4.79 Å². The third kappa shape index (κ3) is 5.30. The van der Waals surface area contributed by atoms with Crippen LogP contribution in [0.1, 0.15) is 38.8 Å². The molecule has 0 saturated heterocycles. The molecule has 2 N–H and O–H groups in total. The van der Waals surface area contributed by atoms with Crippen LogP contribution in [0.4, 0.5) is 0 Å². The van der Waals surface area contributed by atoms with Gasteiger partial charge in [-0.3, -0.25) is 4.79 Å². The maximum atomic E-state index is 11.9. The van der Waals surface area contributed by atoms with Crippen molar-refractivity contribution in [3.63, 3.8) is 0 Å².